The van der Waals surface area contributed by atoms with Gasteiger partial charge in [-0.3, -0.25) is 0 Å². The summed E-state index contributed by atoms with van der Waals surface area (Å²) < 4.78 is 14.6. The van der Waals surface area contributed by atoms with Crippen molar-refractivity contribution in [2.75, 3.05) is 20.8 Å². The Morgan fingerprint density at radius 1 is 0.829 bits per heavy atom. The standard InChI is InChI=1S/C9H10O3.C8H8O5.C7H8O3/c10-6-4-8(11)7-2-1-3-12-9(7)5-6;1-13-6-3-4(8(11)12)2-5(9)7(6)10;1-10-6-4-2-3-5(8)7(6)9/h4-5,10-11H,1-3H2;2-3,9-10H,1H3,(H,11,12);2-4,8-9H,1H3. The van der Waals surface area contributed by atoms with Crippen LogP contribution in [0.2, 0.25) is 0 Å². The van der Waals surface area contributed by atoms with Crippen molar-refractivity contribution in [3.8, 4) is 51.7 Å². The Bertz CT molecular complexity index is 1170. The minimum Gasteiger partial charge on any atom is -0.508 e. The molecule has 0 saturated heterocycles. The number of phenolic OH excluding ortho intramolecular Hbond substituents is 6. The number of aromatic hydroxyl groups is 6. The molecule has 0 unspecified atom stereocenters. The number of ether oxygens (including phenoxy) is 3. The highest BCUT2D eigenvalue weighted by Crippen LogP contribution is 2.37. The number of carboxylic acid groups (broad SMARTS) is 1. The van der Waals surface area contributed by atoms with Crippen LogP contribution in [0.15, 0.2) is 42.5 Å². The van der Waals surface area contributed by atoms with Crippen LogP contribution in [0, 0.1) is 0 Å². The fourth-order valence-corrected chi connectivity index (χ4v) is 2.98. The predicted molar refractivity (Wildman–Crippen MR) is 123 cm³/mol. The van der Waals surface area contributed by atoms with Gasteiger partial charge in [0.25, 0.3) is 0 Å². The van der Waals surface area contributed by atoms with E-state index in [4.69, 9.17) is 40.1 Å². The average Bonchev–Trinajstić information content (AvgIpc) is 2.83. The van der Waals surface area contributed by atoms with E-state index in [1.54, 1.807) is 12.1 Å². The molecule has 0 fully saturated rings. The molecule has 0 aliphatic carbocycles. The number of hydrogen-bond donors (Lipinski definition) is 7. The van der Waals surface area contributed by atoms with Crippen molar-refractivity contribution in [2.45, 2.75) is 12.8 Å². The Morgan fingerprint density at radius 3 is 2.09 bits per heavy atom. The number of carboxylic acids is 1. The number of para-hydroxylation sites is 1. The number of phenols is 6. The van der Waals surface area contributed by atoms with E-state index in [0.29, 0.717) is 12.4 Å². The molecule has 11 nitrogen and oxygen atoms in total. The smallest absolute Gasteiger partial charge is 0.335 e. The van der Waals surface area contributed by atoms with Crippen molar-refractivity contribution in [1.82, 2.24) is 0 Å². The van der Waals surface area contributed by atoms with Gasteiger partial charge in [0.1, 0.15) is 17.2 Å². The Morgan fingerprint density at radius 2 is 1.49 bits per heavy atom. The SMILES string of the molecule is COc1cc(C(=O)O)cc(O)c1O.COc1cccc(O)c1O.Oc1cc(O)c2c(c1)OCCC2. The van der Waals surface area contributed by atoms with Gasteiger partial charge in [-0.1, -0.05) is 6.07 Å². The summed E-state index contributed by atoms with van der Waals surface area (Å²) in [5.74, 6) is -1.57. The first kappa shape index (κ1) is 26.6. The zero-order chi connectivity index (χ0) is 26.1. The zero-order valence-corrected chi connectivity index (χ0v) is 18.9. The largest absolute Gasteiger partial charge is 0.508 e. The van der Waals surface area contributed by atoms with Crippen molar-refractivity contribution >= 4 is 5.97 Å². The molecule has 0 spiro atoms. The maximum Gasteiger partial charge on any atom is 0.335 e. The number of hydrogen-bond acceptors (Lipinski definition) is 10. The van der Waals surface area contributed by atoms with Gasteiger partial charge in [0.2, 0.25) is 5.75 Å². The monoisotopic (exact) mass is 490 g/mol. The predicted octanol–water partition coefficient (Wildman–Crippen LogP) is 3.33. The molecule has 0 atom stereocenters. The van der Waals surface area contributed by atoms with Crippen molar-refractivity contribution in [3.63, 3.8) is 0 Å². The molecule has 11 heteroatoms. The van der Waals surface area contributed by atoms with Crippen LogP contribution in [0.25, 0.3) is 0 Å². The van der Waals surface area contributed by atoms with Gasteiger partial charge in [-0.05, 0) is 37.1 Å². The van der Waals surface area contributed by atoms with E-state index >= 15 is 0 Å². The summed E-state index contributed by atoms with van der Waals surface area (Å²) in [7, 11) is 2.69. The normalized spacial score (nSPS) is 11.4. The maximum absolute atomic E-state index is 10.5. The van der Waals surface area contributed by atoms with Gasteiger partial charge in [0.15, 0.2) is 28.7 Å². The molecule has 4 rings (SSSR count). The third kappa shape index (κ3) is 6.90. The number of carbonyl (C=O) groups is 1. The lowest BCUT2D eigenvalue weighted by Crippen LogP contribution is -2.07. The summed E-state index contributed by atoms with van der Waals surface area (Å²) in [6, 6.07) is 9.49. The van der Waals surface area contributed by atoms with E-state index in [9.17, 15) is 9.90 Å². The van der Waals surface area contributed by atoms with Crippen molar-refractivity contribution in [2.24, 2.45) is 0 Å². The van der Waals surface area contributed by atoms with Gasteiger partial charge in [-0.15, -0.1) is 0 Å². The minimum atomic E-state index is -1.20. The first-order chi connectivity index (χ1) is 16.6. The molecule has 3 aromatic rings. The summed E-state index contributed by atoms with van der Waals surface area (Å²) in [6.07, 6.45) is 1.74. The fourth-order valence-electron chi connectivity index (χ4n) is 2.98. The molecular weight excluding hydrogens is 464 g/mol. The first-order valence-electron chi connectivity index (χ1n) is 10.1. The van der Waals surface area contributed by atoms with E-state index in [2.05, 4.69) is 4.74 Å². The number of methoxy groups -OCH3 is 2. The Hall–Kier alpha value is -4.67. The van der Waals surface area contributed by atoms with Crippen LogP contribution in [0.5, 0.6) is 51.7 Å². The minimum absolute atomic E-state index is 0.0492. The molecule has 1 heterocycles. The second kappa shape index (κ2) is 12.0. The molecule has 0 bridgehead atoms. The molecule has 7 N–H and O–H groups in total. The topological polar surface area (TPSA) is 186 Å². The molecule has 0 saturated carbocycles. The highest BCUT2D eigenvalue weighted by atomic mass is 16.5. The Labute approximate surface area is 200 Å². The van der Waals surface area contributed by atoms with Gasteiger partial charge in [0, 0.05) is 17.7 Å². The summed E-state index contributed by atoms with van der Waals surface area (Å²) in [6.45, 7) is 0.663. The molecule has 1 aliphatic heterocycles. The van der Waals surface area contributed by atoms with Crippen LogP contribution in [-0.2, 0) is 6.42 Å². The van der Waals surface area contributed by atoms with Gasteiger partial charge < -0.3 is 50.0 Å². The Balaban J connectivity index is 0.000000187. The summed E-state index contributed by atoms with van der Waals surface area (Å²) in [5, 5.41) is 63.2. The molecule has 0 amide bonds. The summed E-state index contributed by atoms with van der Waals surface area (Å²) in [4.78, 5) is 10.5. The molecule has 35 heavy (non-hydrogen) atoms. The van der Waals surface area contributed by atoms with Crippen LogP contribution in [0.4, 0.5) is 0 Å². The lowest BCUT2D eigenvalue weighted by Gasteiger charge is -2.17. The Kier molecular flexibility index (Phi) is 9.10. The van der Waals surface area contributed by atoms with Crippen molar-refractivity contribution in [1.29, 1.82) is 0 Å². The van der Waals surface area contributed by atoms with Gasteiger partial charge in [-0.2, -0.15) is 0 Å². The lowest BCUT2D eigenvalue weighted by atomic mass is 10.1. The van der Waals surface area contributed by atoms with Crippen LogP contribution in [-0.4, -0.2) is 62.5 Å². The second-order valence-electron chi connectivity index (χ2n) is 7.07. The molecule has 0 radical (unpaired) electrons. The molecule has 1 aliphatic rings. The maximum atomic E-state index is 10.5. The van der Waals surface area contributed by atoms with Gasteiger partial charge in [-0.25, -0.2) is 4.79 Å². The third-order valence-electron chi connectivity index (χ3n) is 4.72. The molecular formula is C24H26O11. The first-order valence-corrected chi connectivity index (χ1v) is 10.1. The van der Waals surface area contributed by atoms with E-state index in [1.807, 2.05) is 0 Å². The summed E-state index contributed by atoms with van der Waals surface area (Å²) in [5.41, 5.74) is 0.659. The lowest BCUT2D eigenvalue weighted by molar-refractivity contribution is 0.0696. The van der Waals surface area contributed by atoms with Crippen molar-refractivity contribution < 1.29 is 54.8 Å². The second-order valence-corrected chi connectivity index (χ2v) is 7.07. The summed E-state index contributed by atoms with van der Waals surface area (Å²) >= 11 is 0. The van der Waals surface area contributed by atoms with Crippen LogP contribution >= 0.6 is 0 Å². The van der Waals surface area contributed by atoms with Gasteiger partial charge >= 0.3 is 5.97 Å². The highest BCUT2D eigenvalue weighted by Gasteiger charge is 2.15. The van der Waals surface area contributed by atoms with Gasteiger partial charge in [0.05, 0.1) is 26.4 Å². The number of benzene rings is 3. The number of aromatic carboxylic acids is 1. The quantitative estimate of drug-likeness (QED) is 0.267. The van der Waals surface area contributed by atoms with E-state index in [0.717, 1.165) is 30.5 Å². The van der Waals surface area contributed by atoms with E-state index in [-0.39, 0.29) is 40.1 Å². The molecule has 3 aromatic carbocycles. The fraction of sp³-hybridized carbons (Fsp3) is 0.208. The molecule has 0 aromatic heterocycles. The zero-order valence-electron chi connectivity index (χ0n) is 18.9. The van der Waals surface area contributed by atoms with Crippen LogP contribution in [0.3, 0.4) is 0 Å². The number of fused-ring (bicyclic) bond motifs is 1. The van der Waals surface area contributed by atoms with Crippen molar-refractivity contribution in [3.05, 3.63) is 53.6 Å². The number of rotatable bonds is 3. The third-order valence-corrected chi connectivity index (χ3v) is 4.72. The van der Waals surface area contributed by atoms with E-state index in [1.165, 1.54) is 32.4 Å². The highest BCUT2D eigenvalue weighted by molar-refractivity contribution is 5.89. The van der Waals surface area contributed by atoms with E-state index < -0.39 is 17.5 Å². The van der Waals surface area contributed by atoms with Crippen LogP contribution < -0.4 is 14.2 Å². The van der Waals surface area contributed by atoms with Crippen LogP contribution in [0.1, 0.15) is 22.3 Å². The molecule has 188 valence electrons. The average molecular weight is 490 g/mol.